The van der Waals surface area contributed by atoms with Crippen molar-refractivity contribution in [2.24, 2.45) is 0 Å². The summed E-state index contributed by atoms with van der Waals surface area (Å²) in [6, 6.07) is 0. The molecule has 0 unspecified atom stereocenters. The van der Waals surface area contributed by atoms with E-state index in [1.165, 1.54) is 0 Å². The van der Waals surface area contributed by atoms with Crippen molar-refractivity contribution in [1.29, 1.82) is 0 Å². The van der Waals surface area contributed by atoms with Crippen molar-refractivity contribution >= 4 is 11.8 Å². The molecular formula is C6H12N2O2. The first kappa shape index (κ1) is 9.10. The first-order valence-electron chi connectivity index (χ1n) is 3.18. The van der Waals surface area contributed by atoms with E-state index in [9.17, 15) is 9.59 Å². The average molecular weight is 144 g/mol. The van der Waals surface area contributed by atoms with Crippen LogP contribution in [-0.2, 0) is 9.59 Å². The molecule has 0 fully saturated rings. The van der Waals surface area contributed by atoms with E-state index in [4.69, 9.17) is 0 Å². The average Bonchev–Trinajstić information content (AvgIpc) is 1.88. The van der Waals surface area contributed by atoms with E-state index in [2.05, 4.69) is 10.6 Å². The van der Waals surface area contributed by atoms with Gasteiger partial charge in [0.1, 0.15) is 0 Å². The van der Waals surface area contributed by atoms with Crippen LogP contribution in [0, 0.1) is 0 Å². The van der Waals surface area contributed by atoms with Crippen molar-refractivity contribution in [1.82, 2.24) is 10.6 Å². The molecule has 0 aromatic heterocycles. The molecule has 0 spiro atoms. The second kappa shape index (κ2) is 4.93. The summed E-state index contributed by atoms with van der Waals surface area (Å²) >= 11 is 0. The molecule has 58 valence electrons. The molecule has 2 amide bonds. The van der Waals surface area contributed by atoms with Gasteiger partial charge in [-0.3, -0.25) is 14.9 Å². The van der Waals surface area contributed by atoms with Crippen LogP contribution in [0.2, 0.25) is 0 Å². The molecule has 4 nitrogen and oxygen atoms in total. The summed E-state index contributed by atoms with van der Waals surface area (Å²) in [5.41, 5.74) is 0. The van der Waals surface area contributed by atoms with E-state index in [0.29, 0.717) is 6.42 Å². The SMILES string of the molecule is CCC(=O)NC(=O)CNC. The number of likely N-dealkylation sites (N-methyl/N-ethyl adjacent to an activating group) is 1. The van der Waals surface area contributed by atoms with Crippen LogP contribution in [0.1, 0.15) is 13.3 Å². The molecule has 4 heteroatoms. The molecule has 0 aliphatic rings. The molecule has 0 saturated carbocycles. The number of imide groups is 1. The van der Waals surface area contributed by atoms with Gasteiger partial charge in [0.15, 0.2) is 0 Å². The predicted molar refractivity (Wildman–Crippen MR) is 37.4 cm³/mol. The summed E-state index contributed by atoms with van der Waals surface area (Å²) in [6.45, 7) is 1.88. The highest BCUT2D eigenvalue weighted by molar-refractivity contribution is 5.95. The number of amides is 2. The highest BCUT2D eigenvalue weighted by Crippen LogP contribution is 1.73. The minimum atomic E-state index is -0.283. The van der Waals surface area contributed by atoms with Gasteiger partial charge in [0.25, 0.3) is 0 Å². The third-order valence-corrected chi connectivity index (χ3v) is 0.937. The molecule has 0 heterocycles. The van der Waals surface area contributed by atoms with Gasteiger partial charge in [-0.1, -0.05) is 6.92 Å². The molecule has 2 N–H and O–H groups in total. The Morgan fingerprint density at radius 2 is 1.90 bits per heavy atom. The van der Waals surface area contributed by atoms with Crippen molar-refractivity contribution in [2.45, 2.75) is 13.3 Å². The summed E-state index contributed by atoms with van der Waals surface area (Å²) in [4.78, 5) is 21.2. The first-order chi connectivity index (χ1) is 4.70. The lowest BCUT2D eigenvalue weighted by atomic mass is 10.4. The topological polar surface area (TPSA) is 58.2 Å². The van der Waals surface area contributed by atoms with Gasteiger partial charge in [0.2, 0.25) is 11.8 Å². The Labute approximate surface area is 60.0 Å². The van der Waals surface area contributed by atoms with E-state index in [1.54, 1.807) is 14.0 Å². The summed E-state index contributed by atoms with van der Waals surface area (Å²) in [7, 11) is 1.65. The summed E-state index contributed by atoms with van der Waals surface area (Å²) in [5.74, 6) is -0.519. The number of carbonyl (C=O) groups excluding carboxylic acids is 2. The van der Waals surface area contributed by atoms with E-state index in [0.717, 1.165) is 0 Å². The Kier molecular flexibility index (Phi) is 4.49. The van der Waals surface area contributed by atoms with E-state index in [-0.39, 0.29) is 18.4 Å². The molecule has 0 aliphatic carbocycles. The van der Waals surface area contributed by atoms with Gasteiger partial charge in [-0.05, 0) is 7.05 Å². The molecule has 0 atom stereocenters. The third-order valence-electron chi connectivity index (χ3n) is 0.937. The van der Waals surface area contributed by atoms with Crippen molar-refractivity contribution < 1.29 is 9.59 Å². The molecule has 0 saturated heterocycles. The van der Waals surface area contributed by atoms with Crippen LogP contribution in [0.3, 0.4) is 0 Å². The molecule has 0 aliphatic heterocycles. The van der Waals surface area contributed by atoms with Gasteiger partial charge in [-0.2, -0.15) is 0 Å². The number of hydrogen-bond acceptors (Lipinski definition) is 3. The summed E-state index contributed by atoms with van der Waals surface area (Å²) in [6.07, 6.45) is 0.343. The maximum atomic E-state index is 10.6. The van der Waals surface area contributed by atoms with E-state index in [1.807, 2.05) is 0 Å². The van der Waals surface area contributed by atoms with Crippen molar-refractivity contribution in [3.63, 3.8) is 0 Å². The molecule has 0 aromatic carbocycles. The lowest BCUT2D eigenvalue weighted by Gasteiger charge is -1.99. The maximum Gasteiger partial charge on any atom is 0.240 e. The zero-order valence-corrected chi connectivity index (χ0v) is 6.23. The molecule has 0 radical (unpaired) electrons. The van der Waals surface area contributed by atoms with E-state index < -0.39 is 0 Å². The number of nitrogens with one attached hydrogen (secondary N) is 2. The Morgan fingerprint density at radius 3 is 2.30 bits per heavy atom. The molecular weight excluding hydrogens is 132 g/mol. The van der Waals surface area contributed by atoms with Crippen LogP contribution in [0.25, 0.3) is 0 Å². The molecule has 0 aromatic rings. The van der Waals surface area contributed by atoms with Gasteiger partial charge in [0.05, 0.1) is 6.54 Å². The smallest absolute Gasteiger partial charge is 0.240 e. The quantitative estimate of drug-likeness (QED) is 0.548. The second-order valence-electron chi connectivity index (χ2n) is 1.86. The highest BCUT2D eigenvalue weighted by Gasteiger charge is 2.02. The zero-order chi connectivity index (χ0) is 7.98. The highest BCUT2D eigenvalue weighted by atomic mass is 16.2. The van der Waals surface area contributed by atoms with Gasteiger partial charge in [-0.15, -0.1) is 0 Å². The first-order valence-corrected chi connectivity index (χ1v) is 3.18. The summed E-state index contributed by atoms with van der Waals surface area (Å²) in [5, 5.41) is 4.82. The fourth-order valence-corrected chi connectivity index (χ4v) is 0.449. The minimum Gasteiger partial charge on any atom is -0.311 e. The van der Waals surface area contributed by atoms with Gasteiger partial charge >= 0.3 is 0 Å². The largest absolute Gasteiger partial charge is 0.311 e. The van der Waals surface area contributed by atoms with Crippen LogP contribution >= 0.6 is 0 Å². The summed E-state index contributed by atoms with van der Waals surface area (Å²) < 4.78 is 0. The van der Waals surface area contributed by atoms with Crippen molar-refractivity contribution in [3.05, 3.63) is 0 Å². The van der Waals surface area contributed by atoms with Gasteiger partial charge in [-0.25, -0.2) is 0 Å². The maximum absolute atomic E-state index is 10.6. The van der Waals surface area contributed by atoms with Crippen LogP contribution in [0.15, 0.2) is 0 Å². The van der Waals surface area contributed by atoms with Crippen LogP contribution < -0.4 is 10.6 Å². The Bertz CT molecular complexity index is 134. The van der Waals surface area contributed by atoms with Crippen LogP contribution in [-0.4, -0.2) is 25.4 Å². The third kappa shape index (κ3) is 4.03. The lowest BCUT2D eigenvalue weighted by Crippen LogP contribution is -2.36. The number of hydrogen-bond donors (Lipinski definition) is 2. The monoisotopic (exact) mass is 144 g/mol. The van der Waals surface area contributed by atoms with E-state index >= 15 is 0 Å². The minimum absolute atomic E-state index is 0.186. The lowest BCUT2D eigenvalue weighted by molar-refractivity contribution is -0.129. The van der Waals surface area contributed by atoms with Gasteiger partial charge < -0.3 is 5.32 Å². The Balaban J connectivity index is 3.47. The molecule has 10 heavy (non-hydrogen) atoms. The van der Waals surface area contributed by atoms with Crippen molar-refractivity contribution in [3.8, 4) is 0 Å². The van der Waals surface area contributed by atoms with Gasteiger partial charge in [0, 0.05) is 6.42 Å². The zero-order valence-electron chi connectivity index (χ0n) is 6.23. The fraction of sp³-hybridized carbons (Fsp3) is 0.667. The molecule has 0 bridgehead atoms. The fourth-order valence-electron chi connectivity index (χ4n) is 0.449. The standard InChI is InChI=1S/C6H12N2O2/c1-3-5(9)8-6(10)4-7-2/h7H,3-4H2,1-2H3,(H,8,9,10). The van der Waals surface area contributed by atoms with Crippen molar-refractivity contribution in [2.75, 3.05) is 13.6 Å². The Morgan fingerprint density at radius 1 is 1.30 bits per heavy atom. The number of carbonyl (C=O) groups is 2. The Hall–Kier alpha value is -0.900. The normalized spacial score (nSPS) is 9.00. The molecule has 0 rings (SSSR count). The second-order valence-corrected chi connectivity index (χ2v) is 1.86. The number of rotatable bonds is 3. The predicted octanol–water partition coefficient (Wildman–Crippen LogP) is -0.741. The van der Waals surface area contributed by atoms with Crippen LogP contribution in [0.5, 0.6) is 0 Å². The van der Waals surface area contributed by atoms with Crippen LogP contribution in [0.4, 0.5) is 0 Å².